The van der Waals surface area contributed by atoms with E-state index in [1.165, 1.54) is 12.3 Å². The molecule has 0 spiro atoms. The van der Waals surface area contributed by atoms with E-state index in [0.29, 0.717) is 18.8 Å². The monoisotopic (exact) mass is 356 g/mol. The lowest BCUT2D eigenvalue weighted by Gasteiger charge is -2.27. The number of fused-ring (bicyclic) bond motifs is 1. The van der Waals surface area contributed by atoms with Crippen LogP contribution >= 0.6 is 0 Å². The summed E-state index contributed by atoms with van der Waals surface area (Å²) in [5.74, 6) is -0.435. The third-order valence-electron chi connectivity index (χ3n) is 4.82. The van der Waals surface area contributed by atoms with Crippen molar-refractivity contribution in [3.05, 3.63) is 59.7 Å². The van der Waals surface area contributed by atoms with Gasteiger partial charge in [0.1, 0.15) is 5.82 Å². The molecule has 1 N–H and O–H groups in total. The fraction of sp³-hybridized carbons (Fsp3) is 0.400. The molecule has 1 atom stereocenters. The third-order valence-corrected chi connectivity index (χ3v) is 4.82. The molecule has 0 fully saturated rings. The van der Waals surface area contributed by atoms with Crippen molar-refractivity contribution in [2.24, 2.45) is 0 Å². The van der Waals surface area contributed by atoms with Gasteiger partial charge < -0.3 is 10.2 Å². The zero-order valence-electron chi connectivity index (χ0n) is 15.7. The van der Waals surface area contributed by atoms with Crippen LogP contribution in [0.3, 0.4) is 0 Å². The van der Waals surface area contributed by atoms with Crippen molar-refractivity contribution in [1.82, 2.24) is 15.2 Å². The number of carbonyl (C=O) groups excluding carboxylic acids is 1. The predicted octanol–water partition coefficient (Wildman–Crippen LogP) is 3.33. The molecule has 1 unspecified atom stereocenters. The van der Waals surface area contributed by atoms with Crippen molar-refractivity contribution in [3.63, 3.8) is 0 Å². The lowest BCUT2D eigenvalue weighted by molar-refractivity contribution is 0.237. The molecule has 1 aliphatic rings. The number of hydrogen-bond acceptors (Lipinski definition) is 3. The number of nitrogens with one attached hydrogen (secondary N) is 1. The summed E-state index contributed by atoms with van der Waals surface area (Å²) in [4.78, 5) is 20.7. The van der Waals surface area contributed by atoms with Gasteiger partial charge in [0.25, 0.3) is 0 Å². The van der Waals surface area contributed by atoms with E-state index in [-0.39, 0.29) is 17.5 Å². The van der Waals surface area contributed by atoms with Crippen molar-refractivity contribution >= 4 is 11.7 Å². The van der Waals surface area contributed by atoms with Gasteiger partial charge in [0.15, 0.2) is 0 Å². The van der Waals surface area contributed by atoms with Crippen LogP contribution in [0.5, 0.6) is 0 Å². The molecule has 0 saturated heterocycles. The normalized spacial score (nSPS) is 16.5. The molecule has 0 bridgehead atoms. The maximum atomic E-state index is 13.7. The second-order valence-electron chi connectivity index (χ2n) is 7.57. The third kappa shape index (κ3) is 3.55. The minimum atomic E-state index is -0.435. The molecule has 2 heterocycles. The van der Waals surface area contributed by atoms with Gasteiger partial charge in [-0.05, 0) is 19.7 Å². The highest BCUT2D eigenvalue weighted by Gasteiger charge is 2.39. The molecule has 1 aliphatic heterocycles. The lowest BCUT2D eigenvalue weighted by atomic mass is 9.91. The van der Waals surface area contributed by atoms with Crippen LogP contribution in [-0.4, -0.2) is 43.1 Å². The number of rotatable bonds is 4. The summed E-state index contributed by atoms with van der Waals surface area (Å²) in [6.07, 6.45) is 1.21. The van der Waals surface area contributed by atoms with Crippen molar-refractivity contribution in [2.75, 3.05) is 32.1 Å². The largest absolute Gasteiger partial charge is 0.336 e. The van der Waals surface area contributed by atoms with Gasteiger partial charge in [-0.15, -0.1) is 0 Å². The van der Waals surface area contributed by atoms with Gasteiger partial charge in [0, 0.05) is 24.6 Å². The molecule has 5 nitrogen and oxygen atoms in total. The van der Waals surface area contributed by atoms with Crippen molar-refractivity contribution in [3.8, 4) is 0 Å². The average Bonchev–Trinajstić information content (AvgIpc) is 2.86. The quantitative estimate of drug-likeness (QED) is 0.914. The van der Waals surface area contributed by atoms with Crippen molar-refractivity contribution < 1.29 is 9.18 Å². The van der Waals surface area contributed by atoms with E-state index in [4.69, 9.17) is 0 Å². The average molecular weight is 356 g/mol. The van der Waals surface area contributed by atoms with Gasteiger partial charge in [0.2, 0.25) is 0 Å². The van der Waals surface area contributed by atoms with Gasteiger partial charge in [-0.25, -0.2) is 9.18 Å². The first-order chi connectivity index (χ1) is 12.3. The summed E-state index contributed by atoms with van der Waals surface area (Å²) in [7, 11) is 3.97. The number of likely N-dealkylation sites (N-methyl/N-ethyl adjacent to an activating group) is 1. The van der Waals surface area contributed by atoms with Gasteiger partial charge >= 0.3 is 6.03 Å². The highest BCUT2D eigenvalue weighted by Crippen LogP contribution is 2.39. The van der Waals surface area contributed by atoms with Crippen LogP contribution in [0.2, 0.25) is 0 Å². The van der Waals surface area contributed by atoms with E-state index in [2.05, 4.69) is 15.2 Å². The molecule has 1 aromatic heterocycles. The van der Waals surface area contributed by atoms with E-state index in [1.807, 2.05) is 58.3 Å². The zero-order valence-corrected chi connectivity index (χ0v) is 15.7. The summed E-state index contributed by atoms with van der Waals surface area (Å²) in [6, 6.07) is 11.3. The van der Waals surface area contributed by atoms with Gasteiger partial charge in [-0.1, -0.05) is 44.2 Å². The van der Waals surface area contributed by atoms with E-state index >= 15 is 0 Å². The Kier molecular flexibility index (Phi) is 4.96. The van der Waals surface area contributed by atoms with Crippen LogP contribution in [0.25, 0.3) is 0 Å². The Labute approximate surface area is 153 Å². The molecule has 3 rings (SSSR count). The number of aromatic nitrogens is 1. The standard InChI is InChI=1S/C20H25FN4O/c1-20(2)13-25(16-10-15(21)11-22-18(16)20)19(26)23-12-17(24(3)4)14-8-6-5-7-9-14/h5-11,17H,12-13H2,1-4H3,(H,23,26). The summed E-state index contributed by atoms with van der Waals surface area (Å²) >= 11 is 0. The van der Waals surface area contributed by atoms with Crippen LogP contribution in [-0.2, 0) is 5.41 Å². The van der Waals surface area contributed by atoms with Gasteiger partial charge in [0.05, 0.1) is 23.6 Å². The summed E-state index contributed by atoms with van der Waals surface area (Å²) in [6.45, 7) is 4.96. The molecule has 0 saturated carbocycles. The van der Waals surface area contributed by atoms with Crippen LogP contribution in [0, 0.1) is 5.82 Å². The van der Waals surface area contributed by atoms with Crippen LogP contribution < -0.4 is 10.2 Å². The molecule has 138 valence electrons. The van der Waals surface area contributed by atoms with Crippen molar-refractivity contribution in [1.29, 1.82) is 0 Å². The Morgan fingerprint density at radius 1 is 1.35 bits per heavy atom. The number of hydrogen-bond donors (Lipinski definition) is 1. The number of benzene rings is 1. The lowest BCUT2D eigenvalue weighted by Crippen LogP contribution is -2.44. The van der Waals surface area contributed by atoms with E-state index in [9.17, 15) is 9.18 Å². The maximum Gasteiger partial charge on any atom is 0.322 e. The Balaban J connectivity index is 1.76. The Morgan fingerprint density at radius 2 is 2.04 bits per heavy atom. The minimum absolute atomic E-state index is 0.0564. The fourth-order valence-electron chi connectivity index (χ4n) is 3.45. The number of pyridine rings is 1. The topological polar surface area (TPSA) is 48.5 Å². The SMILES string of the molecule is CN(C)C(CNC(=O)N1CC(C)(C)c2ncc(F)cc21)c1ccccc1. The second kappa shape index (κ2) is 7.03. The Bertz CT molecular complexity index is 792. The molecule has 1 aromatic carbocycles. The first-order valence-corrected chi connectivity index (χ1v) is 8.72. The Morgan fingerprint density at radius 3 is 2.69 bits per heavy atom. The minimum Gasteiger partial charge on any atom is -0.336 e. The second-order valence-corrected chi connectivity index (χ2v) is 7.57. The van der Waals surface area contributed by atoms with E-state index in [0.717, 1.165) is 11.3 Å². The molecule has 0 radical (unpaired) electrons. The fourth-order valence-corrected chi connectivity index (χ4v) is 3.45. The number of nitrogens with zero attached hydrogens (tertiary/aromatic N) is 3. The molecule has 6 heteroatoms. The smallest absolute Gasteiger partial charge is 0.322 e. The molecule has 0 aliphatic carbocycles. The van der Waals surface area contributed by atoms with Gasteiger partial charge in [-0.2, -0.15) is 0 Å². The zero-order chi connectivity index (χ0) is 18.9. The van der Waals surface area contributed by atoms with Gasteiger partial charge in [-0.3, -0.25) is 9.88 Å². The van der Waals surface area contributed by atoms with E-state index in [1.54, 1.807) is 4.90 Å². The highest BCUT2D eigenvalue weighted by atomic mass is 19.1. The molecular formula is C20H25FN4O. The summed E-state index contributed by atoms with van der Waals surface area (Å²) in [5.41, 5.74) is 2.13. The maximum absolute atomic E-state index is 13.7. The molecule has 2 amide bonds. The number of halogens is 1. The Hall–Kier alpha value is -2.47. The first kappa shape index (κ1) is 18.3. The first-order valence-electron chi connectivity index (χ1n) is 8.72. The molecule has 2 aromatic rings. The number of urea groups is 1. The number of anilines is 1. The summed E-state index contributed by atoms with van der Waals surface area (Å²) in [5, 5.41) is 3.00. The molecule has 26 heavy (non-hydrogen) atoms. The summed E-state index contributed by atoms with van der Waals surface area (Å²) < 4.78 is 13.7. The van der Waals surface area contributed by atoms with Crippen molar-refractivity contribution in [2.45, 2.75) is 25.3 Å². The molecular weight excluding hydrogens is 331 g/mol. The predicted molar refractivity (Wildman–Crippen MR) is 101 cm³/mol. The number of carbonyl (C=O) groups is 1. The number of amides is 2. The highest BCUT2D eigenvalue weighted by molar-refractivity contribution is 5.94. The van der Waals surface area contributed by atoms with Crippen LogP contribution in [0.15, 0.2) is 42.6 Å². The van der Waals surface area contributed by atoms with Crippen LogP contribution in [0.1, 0.15) is 31.1 Å². The van der Waals surface area contributed by atoms with E-state index < -0.39 is 5.82 Å². The van der Waals surface area contributed by atoms with Crippen LogP contribution in [0.4, 0.5) is 14.9 Å².